The van der Waals surface area contributed by atoms with E-state index in [0.717, 1.165) is 25.3 Å². The fourth-order valence-electron chi connectivity index (χ4n) is 4.39. The number of piperidine rings is 1. The Bertz CT molecular complexity index is 793. The number of hydrogen-bond donors (Lipinski definition) is 1. The van der Waals surface area contributed by atoms with E-state index in [4.69, 9.17) is 0 Å². The van der Waals surface area contributed by atoms with Crippen LogP contribution in [-0.2, 0) is 11.3 Å². The van der Waals surface area contributed by atoms with Crippen molar-refractivity contribution in [3.63, 3.8) is 0 Å². The normalized spacial score (nSPS) is 25.2. The maximum Gasteiger partial charge on any atom is 0.224 e. The Morgan fingerprint density at radius 1 is 1.23 bits per heavy atom. The summed E-state index contributed by atoms with van der Waals surface area (Å²) < 4.78 is 2.28. The number of pyridine rings is 1. The highest BCUT2D eigenvalue weighted by Crippen LogP contribution is 2.52. The number of nitrogens with zero attached hydrogens (tertiary/aromatic N) is 3. The molecule has 3 heterocycles. The van der Waals surface area contributed by atoms with Crippen LogP contribution >= 0.6 is 0 Å². The van der Waals surface area contributed by atoms with E-state index in [-0.39, 0.29) is 17.4 Å². The summed E-state index contributed by atoms with van der Waals surface area (Å²) in [5.74, 6) is 1.51. The van der Waals surface area contributed by atoms with Crippen LogP contribution in [0.1, 0.15) is 32.2 Å². The standard InChI is InChI=1S/C21H28N4O/c1-14-7-8-16(25(14)15-6-5-9-22-10-15)11-24-12-17-18(13-24)19(17)20(26)23-21(2,3)4/h5-10,17-19H,11-13H2,1-4H3,(H,23,26)/t17-,18+,19?. The Balaban J connectivity index is 1.40. The van der Waals surface area contributed by atoms with Crippen LogP contribution in [0.15, 0.2) is 36.7 Å². The molecule has 1 unspecified atom stereocenters. The molecule has 2 aromatic rings. The molecule has 4 rings (SSSR count). The van der Waals surface area contributed by atoms with Crippen LogP contribution in [0.25, 0.3) is 5.69 Å². The predicted molar refractivity (Wildman–Crippen MR) is 102 cm³/mol. The van der Waals surface area contributed by atoms with Gasteiger partial charge in [0.2, 0.25) is 5.91 Å². The molecular weight excluding hydrogens is 324 g/mol. The van der Waals surface area contributed by atoms with Crippen molar-refractivity contribution in [2.45, 2.75) is 39.8 Å². The van der Waals surface area contributed by atoms with Gasteiger partial charge in [0.15, 0.2) is 0 Å². The van der Waals surface area contributed by atoms with Crippen LogP contribution < -0.4 is 5.32 Å². The molecule has 0 spiro atoms. The zero-order valence-corrected chi connectivity index (χ0v) is 16.1. The lowest BCUT2D eigenvalue weighted by Crippen LogP contribution is -2.43. The highest BCUT2D eigenvalue weighted by atomic mass is 16.2. The molecule has 2 aliphatic rings. The Morgan fingerprint density at radius 2 is 1.96 bits per heavy atom. The fraction of sp³-hybridized carbons (Fsp3) is 0.524. The lowest BCUT2D eigenvalue weighted by molar-refractivity contribution is -0.124. The van der Waals surface area contributed by atoms with Crippen molar-refractivity contribution in [2.24, 2.45) is 17.8 Å². The Morgan fingerprint density at radius 3 is 2.58 bits per heavy atom. The van der Waals surface area contributed by atoms with Gasteiger partial charge in [0.25, 0.3) is 0 Å². The average molecular weight is 352 g/mol. The molecule has 1 saturated heterocycles. The first kappa shape index (κ1) is 17.3. The number of aromatic nitrogens is 2. The quantitative estimate of drug-likeness (QED) is 0.920. The molecule has 5 heteroatoms. The van der Waals surface area contributed by atoms with Crippen LogP contribution in [0.3, 0.4) is 0 Å². The molecule has 1 aliphatic heterocycles. The minimum Gasteiger partial charge on any atom is -0.351 e. The van der Waals surface area contributed by atoms with Gasteiger partial charge in [0.1, 0.15) is 0 Å². The molecule has 1 saturated carbocycles. The third kappa shape index (κ3) is 3.28. The van der Waals surface area contributed by atoms with Gasteiger partial charge < -0.3 is 9.88 Å². The number of carbonyl (C=O) groups excluding carboxylic acids is 1. The van der Waals surface area contributed by atoms with E-state index in [9.17, 15) is 4.79 Å². The molecule has 5 nitrogen and oxygen atoms in total. The lowest BCUT2D eigenvalue weighted by atomic mass is 10.1. The summed E-state index contributed by atoms with van der Waals surface area (Å²) in [4.78, 5) is 19.1. The number of aryl methyl sites for hydroxylation is 1. The monoisotopic (exact) mass is 352 g/mol. The third-order valence-corrected chi connectivity index (χ3v) is 5.52. The Labute approximate surface area is 155 Å². The first-order valence-corrected chi connectivity index (χ1v) is 9.45. The SMILES string of the molecule is Cc1ccc(CN2C[C@@H]3C(C(=O)NC(C)(C)C)[C@@H]3C2)n1-c1cccnc1. The van der Waals surface area contributed by atoms with Crippen molar-refractivity contribution in [1.82, 2.24) is 19.8 Å². The fourth-order valence-corrected chi connectivity index (χ4v) is 4.39. The minimum absolute atomic E-state index is 0.143. The molecule has 0 radical (unpaired) electrons. The van der Waals surface area contributed by atoms with Gasteiger partial charge in [-0.1, -0.05) is 0 Å². The molecule has 1 aliphatic carbocycles. The summed E-state index contributed by atoms with van der Waals surface area (Å²) >= 11 is 0. The Hall–Kier alpha value is -2.14. The van der Waals surface area contributed by atoms with Gasteiger partial charge in [-0.3, -0.25) is 14.7 Å². The largest absolute Gasteiger partial charge is 0.351 e. The zero-order valence-electron chi connectivity index (χ0n) is 16.1. The maximum absolute atomic E-state index is 12.4. The highest BCUT2D eigenvalue weighted by molar-refractivity contribution is 5.83. The van der Waals surface area contributed by atoms with Crippen molar-refractivity contribution in [3.8, 4) is 5.69 Å². The van der Waals surface area contributed by atoms with Crippen molar-refractivity contribution in [1.29, 1.82) is 0 Å². The molecule has 1 N–H and O–H groups in total. The van der Waals surface area contributed by atoms with Crippen molar-refractivity contribution in [2.75, 3.05) is 13.1 Å². The molecular formula is C21H28N4O. The van der Waals surface area contributed by atoms with Gasteiger partial charge in [0.05, 0.1) is 11.9 Å². The van der Waals surface area contributed by atoms with E-state index in [2.05, 4.69) is 44.9 Å². The van der Waals surface area contributed by atoms with E-state index < -0.39 is 0 Å². The topological polar surface area (TPSA) is 50.2 Å². The Kier molecular flexibility index (Phi) is 4.14. The lowest BCUT2D eigenvalue weighted by Gasteiger charge is -2.23. The van der Waals surface area contributed by atoms with Crippen molar-refractivity contribution >= 4 is 5.91 Å². The van der Waals surface area contributed by atoms with E-state index in [1.807, 2.05) is 33.0 Å². The van der Waals surface area contributed by atoms with E-state index in [1.54, 1.807) is 6.20 Å². The molecule has 1 amide bonds. The molecule has 0 bridgehead atoms. The number of rotatable bonds is 4. The predicted octanol–water partition coefficient (Wildman–Crippen LogP) is 2.77. The number of amides is 1. The number of hydrogen-bond acceptors (Lipinski definition) is 3. The molecule has 3 atom stereocenters. The second kappa shape index (κ2) is 6.23. The molecule has 2 aromatic heterocycles. The summed E-state index contributed by atoms with van der Waals surface area (Å²) in [6, 6.07) is 8.44. The summed E-state index contributed by atoms with van der Waals surface area (Å²) in [7, 11) is 0. The highest BCUT2D eigenvalue weighted by Gasteiger charge is 2.59. The number of carbonyl (C=O) groups is 1. The number of fused-ring (bicyclic) bond motifs is 1. The second-order valence-corrected chi connectivity index (χ2v) is 8.80. The van der Waals surface area contributed by atoms with E-state index in [1.165, 1.54) is 11.4 Å². The van der Waals surface area contributed by atoms with Gasteiger partial charge in [-0.2, -0.15) is 0 Å². The first-order valence-electron chi connectivity index (χ1n) is 9.45. The smallest absolute Gasteiger partial charge is 0.224 e. The van der Waals surface area contributed by atoms with Gasteiger partial charge in [0, 0.05) is 48.7 Å². The molecule has 26 heavy (non-hydrogen) atoms. The maximum atomic E-state index is 12.4. The van der Waals surface area contributed by atoms with Gasteiger partial charge in [-0.05, 0) is 63.8 Å². The van der Waals surface area contributed by atoms with Crippen LogP contribution in [-0.4, -0.2) is 39.0 Å². The second-order valence-electron chi connectivity index (χ2n) is 8.80. The van der Waals surface area contributed by atoms with Crippen LogP contribution in [0.2, 0.25) is 0 Å². The average Bonchev–Trinajstić information content (AvgIpc) is 2.89. The van der Waals surface area contributed by atoms with Crippen molar-refractivity contribution in [3.05, 3.63) is 48.0 Å². The summed E-state index contributed by atoms with van der Waals surface area (Å²) in [5, 5.41) is 3.14. The summed E-state index contributed by atoms with van der Waals surface area (Å²) in [5.41, 5.74) is 3.47. The van der Waals surface area contributed by atoms with Crippen LogP contribution in [0.5, 0.6) is 0 Å². The van der Waals surface area contributed by atoms with Gasteiger partial charge in [-0.25, -0.2) is 0 Å². The van der Waals surface area contributed by atoms with E-state index in [0.29, 0.717) is 11.8 Å². The number of nitrogens with one attached hydrogen (secondary N) is 1. The zero-order chi connectivity index (χ0) is 18.5. The first-order chi connectivity index (χ1) is 12.3. The van der Waals surface area contributed by atoms with E-state index >= 15 is 0 Å². The molecule has 2 fully saturated rings. The minimum atomic E-state index is -0.143. The number of likely N-dealkylation sites (tertiary alicyclic amines) is 1. The van der Waals surface area contributed by atoms with Crippen LogP contribution in [0, 0.1) is 24.7 Å². The summed E-state index contributed by atoms with van der Waals surface area (Å²) in [6.45, 7) is 11.2. The van der Waals surface area contributed by atoms with Crippen LogP contribution in [0.4, 0.5) is 0 Å². The van der Waals surface area contributed by atoms with Gasteiger partial charge >= 0.3 is 0 Å². The third-order valence-electron chi connectivity index (χ3n) is 5.52. The van der Waals surface area contributed by atoms with Crippen molar-refractivity contribution < 1.29 is 4.79 Å². The van der Waals surface area contributed by atoms with Gasteiger partial charge in [-0.15, -0.1) is 0 Å². The summed E-state index contributed by atoms with van der Waals surface area (Å²) in [6.07, 6.45) is 3.71. The molecule has 0 aromatic carbocycles. The molecule has 138 valence electrons.